The quantitative estimate of drug-likeness (QED) is 0.599. The highest BCUT2D eigenvalue weighted by molar-refractivity contribution is 5.58. The molecule has 0 aliphatic heterocycles. The summed E-state index contributed by atoms with van der Waals surface area (Å²) < 4.78 is 5.09. The lowest BCUT2D eigenvalue weighted by Crippen LogP contribution is -2.08. The van der Waals surface area contributed by atoms with Crippen LogP contribution in [-0.4, -0.2) is 21.5 Å². The van der Waals surface area contributed by atoms with Gasteiger partial charge in [-0.3, -0.25) is 10.1 Å². The predicted octanol–water partition coefficient (Wildman–Crippen LogP) is 1.32. The van der Waals surface area contributed by atoms with E-state index in [0.717, 1.165) is 6.42 Å². The number of rotatable bonds is 5. The maximum Gasteiger partial charge on any atom is 0.372 e. The first-order chi connectivity index (χ1) is 7.60. The first-order valence-electron chi connectivity index (χ1n) is 5.03. The van der Waals surface area contributed by atoms with E-state index in [-0.39, 0.29) is 17.4 Å². The number of hydrogen-bond donors (Lipinski definition) is 1. The number of nitrogens with zero attached hydrogens (tertiary/aromatic N) is 3. The Balaban J connectivity index is 3.21. The van der Waals surface area contributed by atoms with Crippen molar-refractivity contribution >= 4 is 11.5 Å². The molecule has 0 spiro atoms. The van der Waals surface area contributed by atoms with Gasteiger partial charge in [0.05, 0.1) is 11.5 Å². The molecule has 0 atom stereocenters. The Labute approximate surface area is 92.8 Å². The molecule has 1 heterocycles. The highest BCUT2D eigenvalue weighted by Gasteiger charge is 2.23. The number of nitrogens with two attached hydrogens (primary N) is 1. The second kappa shape index (κ2) is 5.24. The lowest BCUT2D eigenvalue weighted by Gasteiger charge is -2.06. The van der Waals surface area contributed by atoms with E-state index in [1.54, 1.807) is 6.92 Å². The Bertz CT molecular complexity index is 395. The monoisotopic (exact) mass is 226 g/mol. The maximum absolute atomic E-state index is 10.8. The zero-order valence-electron chi connectivity index (χ0n) is 9.27. The summed E-state index contributed by atoms with van der Waals surface area (Å²) in [5, 5.41) is 10.8. The molecular weight excluding hydrogens is 212 g/mol. The van der Waals surface area contributed by atoms with Crippen LogP contribution in [-0.2, 0) is 6.42 Å². The van der Waals surface area contributed by atoms with Crippen molar-refractivity contribution in [2.75, 3.05) is 12.3 Å². The molecule has 1 rings (SSSR count). The van der Waals surface area contributed by atoms with Crippen LogP contribution in [0.1, 0.15) is 26.1 Å². The zero-order chi connectivity index (χ0) is 12.1. The van der Waals surface area contributed by atoms with Crippen molar-refractivity contribution in [1.82, 2.24) is 9.97 Å². The van der Waals surface area contributed by atoms with Crippen LogP contribution < -0.4 is 10.5 Å². The average molecular weight is 226 g/mol. The summed E-state index contributed by atoms with van der Waals surface area (Å²) in [5.74, 6) is 0.268. The van der Waals surface area contributed by atoms with Crippen LogP contribution >= 0.6 is 0 Å². The minimum Gasteiger partial charge on any atom is -0.473 e. The van der Waals surface area contributed by atoms with E-state index in [2.05, 4.69) is 9.97 Å². The van der Waals surface area contributed by atoms with E-state index in [9.17, 15) is 10.1 Å². The van der Waals surface area contributed by atoms with Gasteiger partial charge in [0.1, 0.15) is 5.82 Å². The summed E-state index contributed by atoms with van der Waals surface area (Å²) in [7, 11) is 0. The zero-order valence-corrected chi connectivity index (χ0v) is 9.27. The summed E-state index contributed by atoms with van der Waals surface area (Å²) >= 11 is 0. The fraction of sp³-hybridized carbons (Fsp3) is 0.556. The lowest BCUT2D eigenvalue weighted by molar-refractivity contribution is -0.385. The fourth-order valence-electron chi connectivity index (χ4n) is 1.24. The van der Waals surface area contributed by atoms with E-state index in [4.69, 9.17) is 10.5 Å². The van der Waals surface area contributed by atoms with Crippen molar-refractivity contribution in [2.24, 2.45) is 0 Å². The number of ether oxygens (including phenoxy) is 1. The van der Waals surface area contributed by atoms with Crippen molar-refractivity contribution in [3.8, 4) is 5.88 Å². The molecule has 0 amide bonds. The standard InChI is InChI=1S/C9H14N4O3/c1-3-5-6-11-8(10)7(13(14)15)9(12-6)16-4-2/h3-5H2,1-2H3,(H2,10,11,12). The molecule has 7 heteroatoms. The Morgan fingerprint density at radius 1 is 1.44 bits per heavy atom. The van der Waals surface area contributed by atoms with Gasteiger partial charge < -0.3 is 10.5 Å². The summed E-state index contributed by atoms with van der Waals surface area (Å²) in [6.45, 7) is 3.98. The van der Waals surface area contributed by atoms with E-state index in [0.29, 0.717) is 18.9 Å². The van der Waals surface area contributed by atoms with Gasteiger partial charge in [-0.1, -0.05) is 6.92 Å². The topological polar surface area (TPSA) is 104 Å². The third-order valence-electron chi connectivity index (χ3n) is 1.86. The van der Waals surface area contributed by atoms with Gasteiger partial charge in [0.15, 0.2) is 0 Å². The minimum absolute atomic E-state index is 0.0524. The van der Waals surface area contributed by atoms with Gasteiger partial charge in [-0.25, -0.2) is 4.98 Å². The van der Waals surface area contributed by atoms with Crippen LogP contribution in [0.25, 0.3) is 0 Å². The normalized spacial score (nSPS) is 10.1. The molecule has 88 valence electrons. The molecule has 0 bridgehead atoms. The molecule has 0 aliphatic carbocycles. The summed E-state index contributed by atoms with van der Waals surface area (Å²) in [6.07, 6.45) is 1.45. The molecule has 16 heavy (non-hydrogen) atoms. The van der Waals surface area contributed by atoms with Crippen LogP contribution in [0.5, 0.6) is 5.88 Å². The number of nitrogen functional groups attached to an aromatic ring is 1. The molecule has 0 radical (unpaired) electrons. The summed E-state index contributed by atoms with van der Waals surface area (Å²) in [6, 6.07) is 0. The molecule has 0 saturated carbocycles. The molecule has 0 saturated heterocycles. The maximum atomic E-state index is 10.8. The third kappa shape index (κ3) is 2.56. The Hall–Kier alpha value is -1.92. The molecule has 1 aromatic heterocycles. The van der Waals surface area contributed by atoms with Crippen LogP contribution in [0, 0.1) is 10.1 Å². The van der Waals surface area contributed by atoms with Crippen LogP contribution in [0.4, 0.5) is 11.5 Å². The van der Waals surface area contributed by atoms with Gasteiger partial charge in [0, 0.05) is 6.42 Å². The molecular formula is C9H14N4O3. The molecule has 1 aromatic rings. The first kappa shape index (κ1) is 12.2. The van der Waals surface area contributed by atoms with Crippen molar-refractivity contribution in [1.29, 1.82) is 0 Å². The summed E-state index contributed by atoms with van der Waals surface area (Å²) in [4.78, 5) is 18.0. The number of aromatic nitrogens is 2. The second-order valence-corrected chi connectivity index (χ2v) is 3.12. The van der Waals surface area contributed by atoms with Crippen molar-refractivity contribution in [3.63, 3.8) is 0 Å². The van der Waals surface area contributed by atoms with Gasteiger partial charge in [-0.15, -0.1) is 0 Å². The molecule has 0 fully saturated rings. The largest absolute Gasteiger partial charge is 0.473 e. The fourth-order valence-corrected chi connectivity index (χ4v) is 1.24. The van der Waals surface area contributed by atoms with Crippen LogP contribution in [0.3, 0.4) is 0 Å². The molecule has 2 N–H and O–H groups in total. The molecule has 0 aromatic carbocycles. The Kier molecular flexibility index (Phi) is 3.98. The van der Waals surface area contributed by atoms with Crippen molar-refractivity contribution in [3.05, 3.63) is 15.9 Å². The van der Waals surface area contributed by atoms with Gasteiger partial charge in [0.25, 0.3) is 5.88 Å². The number of aryl methyl sites for hydroxylation is 1. The first-order valence-corrected chi connectivity index (χ1v) is 5.03. The van der Waals surface area contributed by atoms with E-state index < -0.39 is 4.92 Å². The second-order valence-electron chi connectivity index (χ2n) is 3.12. The van der Waals surface area contributed by atoms with Crippen LogP contribution in [0.2, 0.25) is 0 Å². The van der Waals surface area contributed by atoms with Gasteiger partial charge >= 0.3 is 5.69 Å². The van der Waals surface area contributed by atoms with Crippen molar-refractivity contribution < 1.29 is 9.66 Å². The third-order valence-corrected chi connectivity index (χ3v) is 1.86. The SMILES string of the molecule is CCCc1nc(N)c([N+](=O)[O-])c(OCC)n1. The Morgan fingerprint density at radius 2 is 2.12 bits per heavy atom. The highest BCUT2D eigenvalue weighted by Crippen LogP contribution is 2.29. The lowest BCUT2D eigenvalue weighted by atomic mass is 10.3. The van der Waals surface area contributed by atoms with Gasteiger partial charge in [-0.2, -0.15) is 4.98 Å². The van der Waals surface area contributed by atoms with Gasteiger partial charge in [0.2, 0.25) is 5.82 Å². The summed E-state index contributed by atoms with van der Waals surface area (Å²) in [5.41, 5.74) is 5.15. The van der Waals surface area contributed by atoms with Crippen LogP contribution in [0.15, 0.2) is 0 Å². The van der Waals surface area contributed by atoms with E-state index in [1.807, 2.05) is 6.92 Å². The van der Waals surface area contributed by atoms with Crippen molar-refractivity contribution in [2.45, 2.75) is 26.7 Å². The number of hydrogen-bond acceptors (Lipinski definition) is 6. The average Bonchev–Trinajstić information content (AvgIpc) is 2.17. The highest BCUT2D eigenvalue weighted by atomic mass is 16.6. The molecule has 0 aliphatic rings. The van der Waals surface area contributed by atoms with E-state index in [1.165, 1.54) is 0 Å². The Morgan fingerprint density at radius 3 is 2.62 bits per heavy atom. The minimum atomic E-state index is -0.629. The smallest absolute Gasteiger partial charge is 0.372 e. The van der Waals surface area contributed by atoms with Gasteiger partial charge in [-0.05, 0) is 13.3 Å². The van der Waals surface area contributed by atoms with E-state index >= 15 is 0 Å². The number of anilines is 1. The molecule has 7 nitrogen and oxygen atoms in total. The molecule has 0 unspecified atom stereocenters. The predicted molar refractivity (Wildman–Crippen MR) is 58.3 cm³/mol. The number of nitro groups is 1.